The Morgan fingerprint density at radius 2 is 1.76 bits per heavy atom. The highest BCUT2D eigenvalue weighted by Gasteiger charge is 2.10. The molecule has 2 aromatic carbocycles. The molecule has 0 spiro atoms. The van der Waals surface area contributed by atoms with Crippen molar-refractivity contribution in [1.82, 2.24) is 0 Å². The van der Waals surface area contributed by atoms with Crippen LogP contribution in [-0.4, -0.2) is 11.5 Å². The highest BCUT2D eigenvalue weighted by atomic mass is 127. The van der Waals surface area contributed by atoms with Gasteiger partial charge in [-0.2, -0.15) is 0 Å². The SMILES string of the molecule is CCCNc1cc(Nc2ccc(I)cc2)cc([N+](=O)[O-])c1. The van der Waals surface area contributed by atoms with Crippen molar-refractivity contribution in [2.75, 3.05) is 17.2 Å². The Hall–Kier alpha value is -1.83. The minimum Gasteiger partial charge on any atom is -0.385 e. The second-order valence-electron chi connectivity index (χ2n) is 4.58. The van der Waals surface area contributed by atoms with Crippen molar-refractivity contribution in [3.63, 3.8) is 0 Å². The van der Waals surface area contributed by atoms with Gasteiger partial charge in [0.15, 0.2) is 0 Å². The van der Waals surface area contributed by atoms with Crippen LogP contribution in [0.3, 0.4) is 0 Å². The normalized spacial score (nSPS) is 10.2. The maximum absolute atomic E-state index is 11.0. The van der Waals surface area contributed by atoms with E-state index in [1.165, 1.54) is 6.07 Å². The minimum absolute atomic E-state index is 0.0733. The number of anilines is 3. The lowest BCUT2D eigenvalue weighted by atomic mass is 10.2. The number of nitro groups is 1. The third kappa shape index (κ3) is 4.59. The van der Waals surface area contributed by atoms with Gasteiger partial charge in [-0.1, -0.05) is 6.92 Å². The van der Waals surface area contributed by atoms with Crippen LogP contribution in [0.25, 0.3) is 0 Å². The van der Waals surface area contributed by atoms with E-state index in [-0.39, 0.29) is 10.6 Å². The topological polar surface area (TPSA) is 67.2 Å². The van der Waals surface area contributed by atoms with Gasteiger partial charge in [0, 0.05) is 39.3 Å². The molecule has 6 heteroatoms. The van der Waals surface area contributed by atoms with Gasteiger partial charge in [0.1, 0.15) is 0 Å². The van der Waals surface area contributed by atoms with Gasteiger partial charge in [0.2, 0.25) is 0 Å². The summed E-state index contributed by atoms with van der Waals surface area (Å²) in [5.41, 5.74) is 2.42. The van der Waals surface area contributed by atoms with Crippen LogP contribution in [0, 0.1) is 13.7 Å². The van der Waals surface area contributed by atoms with Crippen LogP contribution >= 0.6 is 22.6 Å². The largest absolute Gasteiger partial charge is 0.385 e. The molecule has 0 saturated heterocycles. The molecule has 0 radical (unpaired) electrons. The highest BCUT2D eigenvalue weighted by molar-refractivity contribution is 14.1. The molecule has 0 aliphatic heterocycles. The number of nitrogens with zero attached hydrogens (tertiary/aromatic N) is 1. The zero-order valence-electron chi connectivity index (χ0n) is 11.6. The van der Waals surface area contributed by atoms with Gasteiger partial charge in [-0.15, -0.1) is 0 Å². The van der Waals surface area contributed by atoms with E-state index in [0.29, 0.717) is 5.69 Å². The van der Waals surface area contributed by atoms with E-state index in [1.54, 1.807) is 6.07 Å². The predicted octanol–water partition coefficient (Wildman–Crippen LogP) is 4.76. The second kappa shape index (κ2) is 7.26. The lowest BCUT2D eigenvalue weighted by molar-refractivity contribution is -0.384. The molecule has 2 aromatic rings. The number of hydrogen-bond donors (Lipinski definition) is 2. The van der Waals surface area contributed by atoms with Crippen LogP contribution in [-0.2, 0) is 0 Å². The maximum Gasteiger partial charge on any atom is 0.273 e. The highest BCUT2D eigenvalue weighted by Crippen LogP contribution is 2.27. The summed E-state index contributed by atoms with van der Waals surface area (Å²) < 4.78 is 1.14. The first kappa shape index (κ1) is 15.6. The van der Waals surface area contributed by atoms with Crippen molar-refractivity contribution in [3.05, 3.63) is 56.1 Å². The number of nitrogens with one attached hydrogen (secondary N) is 2. The molecule has 0 heterocycles. The lowest BCUT2D eigenvalue weighted by Gasteiger charge is -2.10. The average Bonchev–Trinajstić information content (AvgIpc) is 2.47. The standard InChI is InChI=1S/C15H16IN3O2/c1-2-7-17-13-8-14(10-15(9-13)19(20)21)18-12-5-3-11(16)4-6-12/h3-6,8-10,17-18H,2,7H2,1H3. The summed E-state index contributed by atoms with van der Waals surface area (Å²) in [5.74, 6) is 0. The van der Waals surface area contributed by atoms with Crippen LogP contribution in [0.1, 0.15) is 13.3 Å². The van der Waals surface area contributed by atoms with Crippen LogP contribution in [0.5, 0.6) is 0 Å². The van der Waals surface area contributed by atoms with E-state index in [0.717, 1.165) is 27.9 Å². The molecular weight excluding hydrogens is 381 g/mol. The summed E-state index contributed by atoms with van der Waals surface area (Å²) in [6, 6.07) is 12.8. The summed E-state index contributed by atoms with van der Waals surface area (Å²) >= 11 is 2.23. The first-order valence-corrected chi connectivity index (χ1v) is 7.72. The zero-order valence-corrected chi connectivity index (χ0v) is 13.8. The smallest absolute Gasteiger partial charge is 0.273 e. The van der Waals surface area contributed by atoms with Gasteiger partial charge in [-0.3, -0.25) is 10.1 Å². The van der Waals surface area contributed by atoms with Crippen molar-refractivity contribution in [2.45, 2.75) is 13.3 Å². The second-order valence-corrected chi connectivity index (χ2v) is 5.83. The molecule has 0 aliphatic carbocycles. The molecule has 0 atom stereocenters. The Bertz CT molecular complexity index is 629. The fourth-order valence-electron chi connectivity index (χ4n) is 1.86. The van der Waals surface area contributed by atoms with Gasteiger partial charge in [-0.25, -0.2) is 0 Å². The van der Waals surface area contributed by atoms with E-state index in [1.807, 2.05) is 30.3 Å². The molecule has 2 N–H and O–H groups in total. The summed E-state index contributed by atoms with van der Waals surface area (Å²) in [6.07, 6.45) is 0.961. The minimum atomic E-state index is -0.379. The van der Waals surface area contributed by atoms with E-state index in [9.17, 15) is 10.1 Å². The molecule has 0 bridgehead atoms. The number of benzene rings is 2. The molecule has 21 heavy (non-hydrogen) atoms. The van der Waals surface area contributed by atoms with E-state index in [2.05, 4.69) is 40.1 Å². The molecule has 110 valence electrons. The van der Waals surface area contributed by atoms with Crippen LogP contribution in [0.15, 0.2) is 42.5 Å². The number of halogens is 1. The lowest BCUT2D eigenvalue weighted by Crippen LogP contribution is -2.02. The Morgan fingerprint density at radius 1 is 1.10 bits per heavy atom. The first-order chi connectivity index (χ1) is 10.1. The summed E-state index contributed by atoms with van der Waals surface area (Å²) in [7, 11) is 0. The Morgan fingerprint density at radius 3 is 2.38 bits per heavy atom. The van der Waals surface area contributed by atoms with Gasteiger partial charge in [0.05, 0.1) is 4.92 Å². The van der Waals surface area contributed by atoms with Gasteiger partial charge >= 0.3 is 0 Å². The van der Waals surface area contributed by atoms with Crippen molar-refractivity contribution in [2.24, 2.45) is 0 Å². The van der Waals surface area contributed by atoms with Crippen molar-refractivity contribution in [1.29, 1.82) is 0 Å². The van der Waals surface area contributed by atoms with Gasteiger partial charge in [-0.05, 0) is 59.3 Å². The molecule has 0 aliphatic rings. The van der Waals surface area contributed by atoms with Gasteiger partial charge in [0.25, 0.3) is 5.69 Å². The van der Waals surface area contributed by atoms with Crippen molar-refractivity contribution in [3.8, 4) is 0 Å². The summed E-state index contributed by atoms with van der Waals surface area (Å²) in [6.45, 7) is 2.83. The molecule has 0 unspecified atom stereocenters. The maximum atomic E-state index is 11.0. The Labute approximate surface area is 137 Å². The molecule has 5 nitrogen and oxygen atoms in total. The van der Waals surface area contributed by atoms with Crippen molar-refractivity contribution >= 4 is 45.3 Å². The molecule has 2 rings (SSSR count). The molecule has 0 amide bonds. The Balaban J connectivity index is 2.26. The van der Waals surface area contributed by atoms with E-state index >= 15 is 0 Å². The third-order valence-corrected chi connectivity index (χ3v) is 3.56. The van der Waals surface area contributed by atoms with Crippen LogP contribution < -0.4 is 10.6 Å². The number of nitro benzene ring substituents is 1. The molecule has 0 saturated carbocycles. The fourth-order valence-corrected chi connectivity index (χ4v) is 2.22. The van der Waals surface area contributed by atoms with Crippen LogP contribution in [0.2, 0.25) is 0 Å². The van der Waals surface area contributed by atoms with E-state index in [4.69, 9.17) is 0 Å². The molecule has 0 aromatic heterocycles. The number of hydrogen-bond acceptors (Lipinski definition) is 4. The van der Waals surface area contributed by atoms with Crippen molar-refractivity contribution < 1.29 is 4.92 Å². The predicted molar refractivity (Wildman–Crippen MR) is 94.3 cm³/mol. The van der Waals surface area contributed by atoms with Gasteiger partial charge < -0.3 is 10.6 Å². The molecule has 0 fully saturated rings. The first-order valence-electron chi connectivity index (χ1n) is 6.64. The summed E-state index contributed by atoms with van der Waals surface area (Å²) in [4.78, 5) is 10.6. The average molecular weight is 397 g/mol. The monoisotopic (exact) mass is 397 g/mol. The van der Waals surface area contributed by atoms with E-state index < -0.39 is 0 Å². The quantitative estimate of drug-likeness (QED) is 0.419. The van der Waals surface area contributed by atoms with Crippen LogP contribution in [0.4, 0.5) is 22.7 Å². The third-order valence-electron chi connectivity index (χ3n) is 2.84. The number of rotatable bonds is 6. The number of non-ortho nitro benzene ring substituents is 1. The summed E-state index contributed by atoms with van der Waals surface area (Å²) in [5, 5.41) is 17.4. The molecular formula is C15H16IN3O2. The Kier molecular flexibility index (Phi) is 5.38. The zero-order chi connectivity index (χ0) is 15.2. The fraction of sp³-hybridized carbons (Fsp3) is 0.200.